The largest absolute Gasteiger partial charge is 0.369 e. The van der Waals surface area contributed by atoms with Crippen molar-refractivity contribution in [2.45, 2.75) is 13.8 Å². The fourth-order valence-corrected chi connectivity index (χ4v) is 2.28. The lowest BCUT2D eigenvalue weighted by atomic mass is 10.1. The Balaban J connectivity index is 2.07. The second kappa shape index (κ2) is 3.90. The Hall–Kier alpha value is -2.24. The molecule has 6 nitrogen and oxygen atoms in total. The number of hydrogen-bond acceptors (Lipinski definition) is 5. The van der Waals surface area contributed by atoms with Crippen molar-refractivity contribution in [1.29, 1.82) is 0 Å². The minimum Gasteiger partial charge on any atom is -0.369 e. The minimum absolute atomic E-state index is 0.451. The molecule has 0 saturated carbocycles. The topological polar surface area (TPSA) is 82.3 Å². The van der Waals surface area contributed by atoms with E-state index >= 15 is 0 Å². The highest BCUT2D eigenvalue weighted by molar-refractivity contribution is 5.87. The number of hydrazine groups is 1. The van der Waals surface area contributed by atoms with Crippen LogP contribution >= 0.6 is 0 Å². The van der Waals surface area contributed by atoms with Crippen molar-refractivity contribution in [3.05, 3.63) is 17.2 Å². The summed E-state index contributed by atoms with van der Waals surface area (Å²) in [6.45, 7) is 5.84. The molecule has 3 rings (SSSR count). The Bertz CT molecular complexity index is 627. The van der Waals surface area contributed by atoms with Crippen LogP contribution in [0.1, 0.15) is 11.1 Å². The highest BCUT2D eigenvalue weighted by Gasteiger charge is 2.13. The van der Waals surface area contributed by atoms with Crippen molar-refractivity contribution in [2.24, 2.45) is 4.99 Å². The van der Waals surface area contributed by atoms with Gasteiger partial charge in [0.2, 0.25) is 0 Å². The fourth-order valence-electron chi connectivity index (χ4n) is 2.28. The molecule has 6 heteroatoms. The lowest BCUT2D eigenvalue weighted by Crippen LogP contribution is -2.27. The molecule has 0 bridgehead atoms. The summed E-state index contributed by atoms with van der Waals surface area (Å²) in [5.74, 6) is 0.451. The highest BCUT2D eigenvalue weighted by Crippen LogP contribution is 2.28. The summed E-state index contributed by atoms with van der Waals surface area (Å²) < 4.78 is 0. The smallest absolute Gasteiger partial charge is 0.198 e. The number of imidazole rings is 1. The molecule has 0 spiro atoms. The molecule has 0 radical (unpaired) electrons. The van der Waals surface area contributed by atoms with Crippen LogP contribution < -0.4 is 11.2 Å². The number of fused-ring (bicyclic) bond motifs is 1. The van der Waals surface area contributed by atoms with Crippen LogP contribution in [0.3, 0.4) is 0 Å². The number of aromatic nitrogens is 2. The molecule has 0 saturated heterocycles. The Morgan fingerprint density at radius 2 is 2.28 bits per heavy atom. The second-order valence-electron chi connectivity index (χ2n) is 4.54. The number of anilines is 2. The molecule has 0 amide bonds. The summed E-state index contributed by atoms with van der Waals surface area (Å²) in [5.41, 5.74) is 14.3. The molecule has 1 aromatic carbocycles. The van der Waals surface area contributed by atoms with Crippen LogP contribution in [0.2, 0.25) is 0 Å². The van der Waals surface area contributed by atoms with E-state index in [1.165, 1.54) is 0 Å². The van der Waals surface area contributed by atoms with Gasteiger partial charge in [0.25, 0.3) is 0 Å². The highest BCUT2D eigenvalue weighted by atomic mass is 15.5. The molecule has 0 unspecified atom stereocenters. The quantitative estimate of drug-likeness (QED) is 0.746. The van der Waals surface area contributed by atoms with Gasteiger partial charge in [-0.05, 0) is 25.5 Å². The first kappa shape index (κ1) is 10.9. The van der Waals surface area contributed by atoms with Gasteiger partial charge in [-0.1, -0.05) is 0 Å². The minimum atomic E-state index is 0.451. The monoisotopic (exact) mass is 244 g/mol. The van der Waals surface area contributed by atoms with E-state index in [0.29, 0.717) is 5.95 Å². The Kier molecular flexibility index (Phi) is 2.36. The number of nitrogen functional groups attached to an aromatic ring is 1. The van der Waals surface area contributed by atoms with Gasteiger partial charge in [-0.25, -0.2) is 4.98 Å². The van der Waals surface area contributed by atoms with Gasteiger partial charge in [-0.3, -0.25) is 15.4 Å². The number of aliphatic imine (C=N–C) groups is 1. The van der Waals surface area contributed by atoms with Crippen LogP contribution in [-0.4, -0.2) is 34.4 Å². The van der Waals surface area contributed by atoms with Crippen molar-refractivity contribution in [3.63, 3.8) is 0 Å². The second-order valence-corrected chi connectivity index (χ2v) is 4.54. The number of rotatable bonds is 2. The molecule has 1 aromatic heterocycles. The number of aryl methyl sites for hydroxylation is 2. The van der Waals surface area contributed by atoms with Gasteiger partial charge >= 0.3 is 0 Å². The molecular weight excluding hydrogens is 228 g/mol. The fraction of sp³-hybridized carbons (Fsp3) is 0.333. The van der Waals surface area contributed by atoms with Crippen LogP contribution in [0, 0.1) is 13.8 Å². The maximum absolute atomic E-state index is 5.70. The molecule has 1 aliphatic rings. The van der Waals surface area contributed by atoms with Gasteiger partial charge in [0, 0.05) is 5.56 Å². The SMILES string of the molecule is Cc1cc2[nH]c(N)nc2c(C)c1NN1C=NCC1. The zero-order chi connectivity index (χ0) is 12.7. The summed E-state index contributed by atoms with van der Waals surface area (Å²) in [5, 5.41) is 1.98. The van der Waals surface area contributed by atoms with E-state index in [0.717, 1.165) is 40.9 Å². The number of H-pyrrole nitrogens is 1. The third-order valence-corrected chi connectivity index (χ3v) is 3.18. The van der Waals surface area contributed by atoms with Gasteiger partial charge in [-0.15, -0.1) is 0 Å². The van der Waals surface area contributed by atoms with E-state index in [1.54, 1.807) is 0 Å². The third kappa shape index (κ3) is 1.66. The van der Waals surface area contributed by atoms with Gasteiger partial charge in [0.1, 0.15) is 6.34 Å². The number of benzene rings is 1. The van der Waals surface area contributed by atoms with Crippen LogP contribution in [-0.2, 0) is 0 Å². The summed E-state index contributed by atoms with van der Waals surface area (Å²) in [6.07, 6.45) is 1.82. The lowest BCUT2D eigenvalue weighted by molar-refractivity contribution is 0.556. The molecule has 94 valence electrons. The van der Waals surface area contributed by atoms with Crippen LogP contribution in [0.15, 0.2) is 11.1 Å². The molecule has 0 atom stereocenters. The zero-order valence-electron chi connectivity index (χ0n) is 10.5. The standard InChI is InChI=1S/C12H16N6/c1-7-5-9-11(16-12(13)15-9)8(2)10(7)17-18-4-3-14-6-18/h5-6,17H,3-4H2,1-2H3,(H3,13,15,16). The molecule has 1 aliphatic heterocycles. The van der Waals surface area contributed by atoms with E-state index in [2.05, 4.69) is 33.4 Å². The first-order chi connectivity index (χ1) is 8.65. The summed E-state index contributed by atoms with van der Waals surface area (Å²) in [6, 6.07) is 2.06. The molecule has 4 N–H and O–H groups in total. The summed E-state index contributed by atoms with van der Waals surface area (Å²) in [4.78, 5) is 11.6. The third-order valence-electron chi connectivity index (χ3n) is 3.18. The van der Waals surface area contributed by atoms with E-state index < -0.39 is 0 Å². The van der Waals surface area contributed by atoms with Crippen molar-refractivity contribution in [1.82, 2.24) is 15.0 Å². The van der Waals surface area contributed by atoms with Crippen LogP contribution in [0.25, 0.3) is 11.0 Å². The first-order valence-electron chi connectivity index (χ1n) is 5.94. The van der Waals surface area contributed by atoms with E-state index in [9.17, 15) is 0 Å². The van der Waals surface area contributed by atoms with E-state index in [-0.39, 0.29) is 0 Å². The molecule has 2 aromatic rings. The molecule has 2 heterocycles. The van der Waals surface area contributed by atoms with Crippen molar-refractivity contribution in [2.75, 3.05) is 24.2 Å². The molecule has 0 aliphatic carbocycles. The zero-order valence-corrected chi connectivity index (χ0v) is 10.5. The predicted molar refractivity (Wildman–Crippen MR) is 73.7 cm³/mol. The van der Waals surface area contributed by atoms with Crippen molar-refractivity contribution in [3.8, 4) is 0 Å². The number of nitrogens with zero attached hydrogens (tertiary/aromatic N) is 3. The maximum atomic E-state index is 5.70. The summed E-state index contributed by atoms with van der Waals surface area (Å²) in [7, 11) is 0. The van der Waals surface area contributed by atoms with Crippen LogP contribution in [0.4, 0.5) is 11.6 Å². The Morgan fingerprint density at radius 3 is 3.00 bits per heavy atom. The average molecular weight is 244 g/mol. The van der Waals surface area contributed by atoms with Gasteiger partial charge in [-0.2, -0.15) is 0 Å². The normalized spacial score (nSPS) is 14.7. The Morgan fingerprint density at radius 1 is 1.44 bits per heavy atom. The number of nitrogens with two attached hydrogens (primary N) is 1. The number of aromatic amines is 1. The van der Waals surface area contributed by atoms with Crippen molar-refractivity contribution < 1.29 is 0 Å². The van der Waals surface area contributed by atoms with Crippen molar-refractivity contribution >= 4 is 29.0 Å². The Labute approximate surface area is 105 Å². The lowest BCUT2D eigenvalue weighted by Gasteiger charge is -2.20. The van der Waals surface area contributed by atoms with Gasteiger partial charge in [0.15, 0.2) is 5.95 Å². The van der Waals surface area contributed by atoms with Gasteiger partial charge < -0.3 is 10.7 Å². The van der Waals surface area contributed by atoms with E-state index in [4.69, 9.17) is 5.73 Å². The molecule has 18 heavy (non-hydrogen) atoms. The maximum Gasteiger partial charge on any atom is 0.198 e. The predicted octanol–water partition coefficient (Wildman–Crippen LogP) is 1.43. The first-order valence-corrected chi connectivity index (χ1v) is 5.94. The number of hydrogen-bond donors (Lipinski definition) is 3. The summed E-state index contributed by atoms with van der Waals surface area (Å²) >= 11 is 0. The molecular formula is C12H16N6. The van der Waals surface area contributed by atoms with Crippen LogP contribution in [0.5, 0.6) is 0 Å². The number of nitrogens with one attached hydrogen (secondary N) is 2. The molecule has 0 fully saturated rings. The van der Waals surface area contributed by atoms with E-state index in [1.807, 2.05) is 18.3 Å². The average Bonchev–Trinajstić information content (AvgIpc) is 2.93. The van der Waals surface area contributed by atoms with Gasteiger partial charge in [0.05, 0.1) is 29.8 Å².